The summed E-state index contributed by atoms with van der Waals surface area (Å²) >= 11 is 5.95. The van der Waals surface area contributed by atoms with Crippen LogP contribution in [-0.4, -0.2) is 27.5 Å². The number of hydrogen-bond donors (Lipinski definition) is 0. The number of benzene rings is 2. The molecule has 3 aromatic rings. The number of carbonyl (C=O) groups is 1. The fourth-order valence-corrected chi connectivity index (χ4v) is 3.69. The second kappa shape index (κ2) is 8.15. The summed E-state index contributed by atoms with van der Waals surface area (Å²) < 4.78 is 5.55. The number of carbonyl (C=O) groups excluding carboxylic acids is 1. The van der Waals surface area contributed by atoms with Crippen LogP contribution in [0, 0.1) is 0 Å². The van der Waals surface area contributed by atoms with Crippen molar-refractivity contribution in [2.45, 2.75) is 38.6 Å². The summed E-state index contributed by atoms with van der Waals surface area (Å²) in [7, 11) is 0. The van der Waals surface area contributed by atoms with Crippen LogP contribution >= 0.6 is 11.6 Å². The maximum atomic E-state index is 13.1. The summed E-state index contributed by atoms with van der Waals surface area (Å²) in [5.41, 5.74) is 2.75. The number of amides is 1. The molecule has 1 saturated heterocycles. The number of aromatic nitrogens is 2. The average molecular weight is 396 g/mol. The van der Waals surface area contributed by atoms with Crippen LogP contribution in [0.2, 0.25) is 5.02 Å². The summed E-state index contributed by atoms with van der Waals surface area (Å²) in [6.07, 6.45) is 3.78. The van der Waals surface area contributed by atoms with E-state index in [2.05, 4.69) is 17.1 Å². The van der Waals surface area contributed by atoms with Gasteiger partial charge < -0.3 is 9.42 Å². The summed E-state index contributed by atoms with van der Waals surface area (Å²) in [6, 6.07) is 14.9. The first-order valence-electron chi connectivity index (χ1n) is 9.65. The molecule has 6 heteroatoms. The van der Waals surface area contributed by atoms with Gasteiger partial charge in [0.15, 0.2) is 0 Å². The maximum Gasteiger partial charge on any atom is 0.254 e. The Morgan fingerprint density at radius 1 is 1.14 bits per heavy atom. The second-order valence-corrected chi connectivity index (χ2v) is 7.46. The number of aryl methyl sites for hydroxylation is 1. The van der Waals surface area contributed by atoms with E-state index in [1.807, 2.05) is 41.3 Å². The lowest BCUT2D eigenvalue weighted by Gasteiger charge is -2.33. The van der Waals surface area contributed by atoms with Gasteiger partial charge in [-0.25, -0.2) is 0 Å². The first-order chi connectivity index (χ1) is 13.7. The van der Waals surface area contributed by atoms with E-state index in [1.54, 1.807) is 12.1 Å². The lowest BCUT2D eigenvalue weighted by Crippen LogP contribution is -2.38. The van der Waals surface area contributed by atoms with Crippen LogP contribution in [-0.2, 0) is 6.42 Å². The molecule has 0 saturated carbocycles. The van der Waals surface area contributed by atoms with E-state index in [-0.39, 0.29) is 11.9 Å². The van der Waals surface area contributed by atoms with E-state index in [0.29, 0.717) is 28.8 Å². The molecule has 1 atom stereocenters. The number of rotatable bonds is 4. The van der Waals surface area contributed by atoms with Crippen LogP contribution in [0.25, 0.3) is 11.4 Å². The Kier molecular flexibility index (Phi) is 5.44. The monoisotopic (exact) mass is 395 g/mol. The van der Waals surface area contributed by atoms with Gasteiger partial charge in [-0.3, -0.25) is 4.79 Å². The lowest BCUT2D eigenvalue weighted by atomic mass is 10.00. The molecule has 28 heavy (non-hydrogen) atoms. The third-order valence-electron chi connectivity index (χ3n) is 5.20. The predicted molar refractivity (Wildman–Crippen MR) is 108 cm³/mol. The zero-order valence-corrected chi connectivity index (χ0v) is 16.5. The van der Waals surface area contributed by atoms with Crippen molar-refractivity contribution < 1.29 is 9.32 Å². The van der Waals surface area contributed by atoms with Gasteiger partial charge in [-0.15, -0.1) is 0 Å². The van der Waals surface area contributed by atoms with Crippen LogP contribution in [0.15, 0.2) is 53.1 Å². The van der Waals surface area contributed by atoms with Crippen molar-refractivity contribution >= 4 is 17.5 Å². The molecule has 0 aliphatic carbocycles. The Bertz CT molecular complexity index is 951. The van der Waals surface area contributed by atoms with E-state index in [1.165, 1.54) is 5.56 Å². The number of likely N-dealkylation sites (tertiary alicyclic amines) is 1. The minimum Gasteiger partial charge on any atom is -0.337 e. The molecule has 1 aliphatic heterocycles. The SMILES string of the molecule is CCc1ccc(C(=O)N2CCCCC2c2nc(-c3ccc(Cl)cc3)no2)cc1. The second-order valence-electron chi connectivity index (χ2n) is 7.02. The van der Waals surface area contributed by atoms with Crippen LogP contribution in [0.3, 0.4) is 0 Å². The normalized spacial score (nSPS) is 16.9. The Morgan fingerprint density at radius 3 is 2.61 bits per heavy atom. The zero-order valence-electron chi connectivity index (χ0n) is 15.8. The summed E-state index contributed by atoms with van der Waals surface area (Å²) in [4.78, 5) is 19.6. The fourth-order valence-electron chi connectivity index (χ4n) is 3.57. The Hall–Kier alpha value is -2.66. The van der Waals surface area contributed by atoms with E-state index in [9.17, 15) is 4.79 Å². The van der Waals surface area contributed by atoms with Gasteiger partial charge in [0, 0.05) is 22.7 Å². The molecule has 1 unspecified atom stereocenters. The Labute approximate surface area is 169 Å². The molecule has 1 aliphatic rings. The molecule has 0 radical (unpaired) electrons. The van der Waals surface area contributed by atoms with Crippen LogP contribution in [0.4, 0.5) is 0 Å². The minimum absolute atomic E-state index is 0.0126. The van der Waals surface area contributed by atoms with Crippen molar-refractivity contribution in [1.29, 1.82) is 0 Å². The minimum atomic E-state index is -0.194. The molecule has 2 aromatic carbocycles. The standard InChI is InChI=1S/C22H22ClN3O2/c1-2-15-6-8-17(9-7-15)22(27)26-14-4-3-5-19(26)21-24-20(25-28-21)16-10-12-18(23)13-11-16/h6-13,19H,2-5,14H2,1H3. The number of hydrogen-bond acceptors (Lipinski definition) is 4. The first-order valence-corrected chi connectivity index (χ1v) is 10.0. The molecule has 0 N–H and O–H groups in total. The molecule has 0 spiro atoms. The summed E-state index contributed by atoms with van der Waals surface area (Å²) in [5.74, 6) is 1.01. The van der Waals surface area contributed by atoms with E-state index < -0.39 is 0 Å². The van der Waals surface area contributed by atoms with Gasteiger partial charge in [0.25, 0.3) is 5.91 Å². The molecule has 0 bridgehead atoms. The predicted octanol–water partition coefficient (Wildman–Crippen LogP) is 5.32. The van der Waals surface area contributed by atoms with E-state index in [4.69, 9.17) is 16.1 Å². The van der Waals surface area contributed by atoms with Crippen molar-refractivity contribution in [3.05, 3.63) is 70.6 Å². The van der Waals surface area contributed by atoms with Crippen LogP contribution in [0.5, 0.6) is 0 Å². The fraction of sp³-hybridized carbons (Fsp3) is 0.318. The maximum absolute atomic E-state index is 13.1. The van der Waals surface area contributed by atoms with Gasteiger partial charge in [-0.2, -0.15) is 4.98 Å². The number of piperidine rings is 1. The van der Waals surface area contributed by atoms with Gasteiger partial charge >= 0.3 is 0 Å². The number of halogens is 1. The van der Waals surface area contributed by atoms with Gasteiger partial charge in [0.05, 0.1) is 0 Å². The molecular weight excluding hydrogens is 374 g/mol. The van der Waals surface area contributed by atoms with Crippen molar-refractivity contribution in [2.24, 2.45) is 0 Å². The Morgan fingerprint density at radius 2 is 1.89 bits per heavy atom. The van der Waals surface area contributed by atoms with Crippen LogP contribution in [0.1, 0.15) is 54.0 Å². The van der Waals surface area contributed by atoms with E-state index >= 15 is 0 Å². The van der Waals surface area contributed by atoms with Gasteiger partial charge in [0.1, 0.15) is 6.04 Å². The molecule has 1 amide bonds. The number of nitrogens with zero attached hydrogens (tertiary/aromatic N) is 3. The van der Waals surface area contributed by atoms with Gasteiger partial charge in [-0.05, 0) is 67.6 Å². The smallest absolute Gasteiger partial charge is 0.254 e. The Balaban J connectivity index is 1.58. The highest BCUT2D eigenvalue weighted by molar-refractivity contribution is 6.30. The third kappa shape index (κ3) is 3.80. The van der Waals surface area contributed by atoms with Crippen molar-refractivity contribution in [3.8, 4) is 11.4 Å². The quantitative estimate of drug-likeness (QED) is 0.599. The van der Waals surface area contributed by atoms with Crippen molar-refractivity contribution in [1.82, 2.24) is 15.0 Å². The summed E-state index contributed by atoms with van der Waals surface area (Å²) in [5, 5.41) is 4.77. The molecule has 2 heterocycles. The highest BCUT2D eigenvalue weighted by Crippen LogP contribution is 2.32. The molecule has 1 fully saturated rings. The highest BCUT2D eigenvalue weighted by Gasteiger charge is 2.32. The van der Waals surface area contributed by atoms with Gasteiger partial charge in [-0.1, -0.05) is 35.8 Å². The van der Waals surface area contributed by atoms with Crippen molar-refractivity contribution in [2.75, 3.05) is 6.54 Å². The average Bonchev–Trinajstić information content (AvgIpc) is 3.24. The highest BCUT2D eigenvalue weighted by atomic mass is 35.5. The van der Waals surface area contributed by atoms with Crippen molar-refractivity contribution in [3.63, 3.8) is 0 Å². The third-order valence-corrected chi connectivity index (χ3v) is 5.45. The molecule has 1 aromatic heterocycles. The molecule has 144 valence electrons. The zero-order chi connectivity index (χ0) is 19.5. The molecule has 4 rings (SSSR count). The lowest BCUT2D eigenvalue weighted by molar-refractivity contribution is 0.0561. The summed E-state index contributed by atoms with van der Waals surface area (Å²) in [6.45, 7) is 2.79. The largest absolute Gasteiger partial charge is 0.337 e. The van der Waals surface area contributed by atoms with E-state index in [0.717, 1.165) is 31.2 Å². The van der Waals surface area contributed by atoms with Crippen LogP contribution < -0.4 is 0 Å². The first kappa shape index (κ1) is 18.7. The topological polar surface area (TPSA) is 59.2 Å². The molecule has 5 nitrogen and oxygen atoms in total. The molecular formula is C22H22ClN3O2. The van der Waals surface area contributed by atoms with Gasteiger partial charge in [0.2, 0.25) is 11.7 Å².